The molecule has 0 bridgehead atoms. The lowest BCUT2D eigenvalue weighted by atomic mass is 9.90. The van der Waals surface area contributed by atoms with Crippen LogP contribution >= 0.6 is 0 Å². The van der Waals surface area contributed by atoms with Crippen molar-refractivity contribution in [2.24, 2.45) is 0 Å². The molecule has 7 heteroatoms. The first kappa shape index (κ1) is 21.6. The zero-order valence-corrected chi connectivity index (χ0v) is 18.2. The van der Waals surface area contributed by atoms with E-state index in [0.717, 1.165) is 30.0 Å². The molecule has 1 unspecified atom stereocenters. The Kier molecular flexibility index (Phi) is 6.25. The maximum absolute atomic E-state index is 13.2. The number of amides is 2. The highest BCUT2D eigenvalue weighted by Crippen LogP contribution is 2.32. The van der Waals surface area contributed by atoms with E-state index in [0.29, 0.717) is 23.5 Å². The molecule has 32 heavy (non-hydrogen) atoms. The van der Waals surface area contributed by atoms with Gasteiger partial charge in [-0.15, -0.1) is 0 Å². The number of hydrogen-bond acceptors (Lipinski definition) is 6. The lowest BCUT2D eigenvalue weighted by Crippen LogP contribution is -2.39. The van der Waals surface area contributed by atoms with Gasteiger partial charge in [-0.25, -0.2) is 9.69 Å². The first-order valence-corrected chi connectivity index (χ1v) is 10.8. The summed E-state index contributed by atoms with van der Waals surface area (Å²) >= 11 is 0. The fourth-order valence-corrected chi connectivity index (χ4v) is 4.23. The second-order valence-corrected chi connectivity index (χ2v) is 7.83. The van der Waals surface area contributed by atoms with Gasteiger partial charge in [0, 0.05) is 25.1 Å². The summed E-state index contributed by atoms with van der Waals surface area (Å²) in [5, 5.41) is 0. The molecule has 4 rings (SSSR count). The largest absolute Gasteiger partial charge is 0.497 e. The Morgan fingerprint density at radius 3 is 2.44 bits per heavy atom. The first-order chi connectivity index (χ1) is 15.5. The van der Waals surface area contributed by atoms with Crippen LogP contribution in [0.15, 0.2) is 60.3 Å². The number of benzene rings is 2. The van der Waals surface area contributed by atoms with Crippen molar-refractivity contribution < 1.29 is 23.9 Å². The van der Waals surface area contributed by atoms with Crippen LogP contribution in [0.5, 0.6) is 5.75 Å². The third-order valence-corrected chi connectivity index (χ3v) is 5.89. The van der Waals surface area contributed by atoms with Crippen LogP contribution in [0.4, 0.5) is 5.69 Å². The van der Waals surface area contributed by atoms with Gasteiger partial charge in [0.1, 0.15) is 11.4 Å². The Hall–Kier alpha value is -3.61. The SMILES string of the molecule is CCOC(=O)c1ccc(N2C(=O)C=C(N3CCCC(c4ccc(OC)cc4)C3)C2=O)cc1. The van der Waals surface area contributed by atoms with E-state index >= 15 is 0 Å². The maximum Gasteiger partial charge on any atom is 0.338 e. The van der Waals surface area contributed by atoms with E-state index in [4.69, 9.17) is 9.47 Å². The minimum atomic E-state index is -0.435. The molecular formula is C25H26N2O5. The van der Waals surface area contributed by atoms with Gasteiger partial charge in [-0.05, 0) is 61.7 Å². The number of hydrogen-bond donors (Lipinski definition) is 0. The highest BCUT2D eigenvalue weighted by atomic mass is 16.5. The third-order valence-electron chi connectivity index (χ3n) is 5.89. The van der Waals surface area contributed by atoms with Gasteiger partial charge in [-0.3, -0.25) is 9.59 Å². The molecule has 2 aromatic rings. The number of carbonyl (C=O) groups excluding carboxylic acids is 3. The molecule has 0 aromatic heterocycles. The molecule has 2 aromatic carbocycles. The lowest BCUT2D eigenvalue weighted by molar-refractivity contribution is -0.121. The fourth-order valence-electron chi connectivity index (χ4n) is 4.23. The summed E-state index contributed by atoms with van der Waals surface area (Å²) in [7, 11) is 1.64. The van der Waals surface area contributed by atoms with Gasteiger partial charge < -0.3 is 14.4 Å². The van der Waals surface area contributed by atoms with Crippen LogP contribution in [0.2, 0.25) is 0 Å². The number of nitrogens with zero attached hydrogens (tertiary/aromatic N) is 2. The summed E-state index contributed by atoms with van der Waals surface area (Å²) in [5.74, 6) is -0.0637. The topological polar surface area (TPSA) is 76.2 Å². The monoisotopic (exact) mass is 434 g/mol. The van der Waals surface area contributed by atoms with Crippen LogP contribution in [-0.2, 0) is 14.3 Å². The van der Waals surface area contributed by atoms with Crippen LogP contribution in [-0.4, -0.2) is 49.5 Å². The normalized spacial score (nSPS) is 18.6. The van der Waals surface area contributed by atoms with E-state index in [1.807, 2.05) is 17.0 Å². The van der Waals surface area contributed by atoms with Crippen molar-refractivity contribution in [1.29, 1.82) is 0 Å². The van der Waals surface area contributed by atoms with E-state index < -0.39 is 5.97 Å². The summed E-state index contributed by atoms with van der Waals surface area (Å²) in [6, 6.07) is 14.3. The minimum Gasteiger partial charge on any atom is -0.497 e. The second kappa shape index (κ2) is 9.26. The van der Waals surface area contributed by atoms with Crippen LogP contribution < -0.4 is 9.64 Å². The first-order valence-electron chi connectivity index (χ1n) is 10.8. The van der Waals surface area contributed by atoms with E-state index in [1.165, 1.54) is 11.6 Å². The number of rotatable bonds is 6. The fraction of sp³-hybridized carbons (Fsp3) is 0.320. The average molecular weight is 434 g/mol. The minimum absolute atomic E-state index is 0.274. The van der Waals surface area contributed by atoms with Gasteiger partial charge in [-0.1, -0.05) is 12.1 Å². The quantitative estimate of drug-likeness (QED) is 0.512. The van der Waals surface area contributed by atoms with Crippen molar-refractivity contribution in [3.63, 3.8) is 0 Å². The van der Waals surface area contributed by atoms with E-state index in [-0.39, 0.29) is 24.3 Å². The standard InChI is InChI=1S/C25H26N2O5/c1-3-32-25(30)18-6-10-20(11-7-18)27-23(28)15-22(24(27)29)26-14-4-5-19(16-26)17-8-12-21(31-2)13-9-17/h6-13,15,19H,3-5,14,16H2,1-2H3. The highest BCUT2D eigenvalue weighted by molar-refractivity contribution is 6.30. The molecule has 2 aliphatic rings. The molecular weight excluding hydrogens is 408 g/mol. The summed E-state index contributed by atoms with van der Waals surface area (Å²) in [5.41, 5.74) is 2.42. The zero-order valence-electron chi connectivity index (χ0n) is 18.2. The smallest absolute Gasteiger partial charge is 0.338 e. The molecule has 1 fully saturated rings. The molecule has 166 valence electrons. The van der Waals surface area contributed by atoms with Gasteiger partial charge in [0.2, 0.25) is 0 Å². The molecule has 2 heterocycles. The predicted molar refractivity (Wildman–Crippen MR) is 120 cm³/mol. The zero-order chi connectivity index (χ0) is 22.7. The van der Waals surface area contributed by atoms with Crippen molar-refractivity contribution >= 4 is 23.5 Å². The molecule has 1 atom stereocenters. The molecule has 0 N–H and O–H groups in total. The number of methoxy groups -OCH3 is 1. The van der Waals surface area contributed by atoms with E-state index in [2.05, 4.69) is 12.1 Å². The Balaban J connectivity index is 1.48. The summed E-state index contributed by atoms with van der Waals surface area (Å²) in [4.78, 5) is 40.8. The summed E-state index contributed by atoms with van der Waals surface area (Å²) in [6.45, 7) is 3.42. The molecule has 0 spiro atoms. The Labute approximate surface area is 187 Å². The molecule has 0 radical (unpaired) electrons. The Bertz CT molecular complexity index is 1040. The van der Waals surface area contributed by atoms with Crippen LogP contribution in [0.3, 0.4) is 0 Å². The Morgan fingerprint density at radius 1 is 1.06 bits per heavy atom. The average Bonchev–Trinajstić information content (AvgIpc) is 3.13. The van der Waals surface area contributed by atoms with Crippen molar-refractivity contribution in [1.82, 2.24) is 4.90 Å². The number of ether oxygens (including phenoxy) is 2. The lowest BCUT2D eigenvalue weighted by Gasteiger charge is -2.35. The predicted octanol–water partition coefficient (Wildman–Crippen LogP) is 3.51. The van der Waals surface area contributed by atoms with E-state index in [1.54, 1.807) is 38.3 Å². The molecule has 2 aliphatic heterocycles. The van der Waals surface area contributed by atoms with Gasteiger partial charge in [-0.2, -0.15) is 0 Å². The number of esters is 1. The van der Waals surface area contributed by atoms with Gasteiger partial charge >= 0.3 is 5.97 Å². The maximum atomic E-state index is 13.2. The van der Waals surface area contributed by atoms with Crippen molar-refractivity contribution in [2.45, 2.75) is 25.7 Å². The molecule has 0 saturated carbocycles. The van der Waals surface area contributed by atoms with Gasteiger partial charge in [0.05, 0.1) is 25.0 Å². The molecule has 7 nitrogen and oxygen atoms in total. The number of anilines is 1. The number of carbonyl (C=O) groups is 3. The molecule has 2 amide bonds. The van der Waals surface area contributed by atoms with Gasteiger partial charge in [0.15, 0.2) is 0 Å². The number of imide groups is 1. The second-order valence-electron chi connectivity index (χ2n) is 7.83. The van der Waals surface area contributed by atoms with Crippen molar-refractivity contribution in [2.75, 3.05) is 31.7 Å². The van der Waals surface area contributed by atoms with Crippen LogP contribution in [0.1, 0.15) is 41.6 Å². The summed E-state index contributed by atoms with van der Waals surface area (Å²) in [6.07, 6.45) is 3.37. The van der Waals surface area contributed by atoms with E-state index in [9.17, 15) is 14.4 Å². The van der Waals surface area contributed by atoms with Gasteiger partial charge in [0.25, 0.3) is 11.8 Å². The summed E-state index contributed by atoms with van der Waals surface area (Å²) < 4.78 is 10.2. The molecule has 1 saturated heterocycles. The third kappa shape index (κ3) is 4.23. The van der Waals surface area contributed by atoms with Crippen molar-refractivity contribution in [3.05, 3.63) is 71.4 Å². The van der Waals surface area contributed by atoms with Crippen LogP contribution in [0.25, 0.3) is 0 Å². The highest BCUT2D eigenvalue weighted by Gasteiger charge is 2.37. The molecule has 0 aliphatic carbocycles. The van der Waals surface area contributed by atoms with Crippen LogP contribution in [0, 0.1) is 0 Å². The number of likely N-dealkylation sites (tertiary alicyclic amines) is 1. The Morgan fingerprint density at radius 2 is 1.78 bits per heavy atom. The number of piperidine rings is 1. The van der Waals surface area contributed by atoms with Crippen molar-refractivity contribution in [3.8, 4) is 5.75 Å².